The highest BCUT2D eigenvalue weighted by Crippen LogP contribution is 2.34. The summed E-state index contributed by atoms with van der Waals surface area (Å²) >= 11 is 12.1. The Bertz CT molecular complexity index is 446. The van der Waals surface area contributed by atoms with Crippen LogP contribution < -0.4 is 5.14 Å². The second kappa shape index (κ2) is 3.86. The van der Waals surface area contributed by atoms with Gasteiger partial charge in [-0.25, -0.2) is 13.6 Å². The van der Waals surface area contributed by atoms with Crippen molar-refractivity contribution in [2.75, 3.05) is 0 Å². The van der Waals surface area contributed by atoms with Crippen molar-refractivity contribution >= 4 is 53.5 Å². The quantitative estimate of drug-likeness (QED) is 0.792. The molecule has 0 spiro atoms. The van der Waals surface area contributed by atoms with Gasteiger partial charge in [0.15, 0.2) is 0 Å². The predicted octanol–water partition coefficient (Wildman–Crippen LogP) is 2.51. The average Bonchev–Trinajstić information content (AvgIpc) is 1.98. The van der Waals surface area contributed by atoms with Crippen LogP contribution in [0.3, 0.4) is 0 Å². The molecular formula is C6H4Br2ClNO2S. The molecule has 0 aliphatic carbocycles. The van der Waals surface area contributed by atoms with E-state index in [0.717, 1.165) is 0 Å². The molecule has 0 saturated carbocycles. The molecule has 0 aliphatic heterocycles. The SMILES string of the molecule is NS(=O)(=O)c1ccc(Br)c(Br)c1Cl. The van der Waals surface area contributed by atoms with E-state index in [1.165, 1.54) is 6.07 Å². The fraction of sp³-hybridized carbons (Fsp3) is 0. The smallest absolute Gasteiger partial charge is 0.225 e. The summed E-state index contributed by atoms with van der Waals surface area (Å²) in [4.78, 5) is -0.0933. The minimum atomic E-state index is -3.76. The zero-order chi connectivity index (χ0) is 10.2. The molecule has 0 radical (unpaired) electrons. The van der Waals surface area contributed by atoms with E-state index in [-0.39, 0.29) is 9.92 Å². The Kier molecular flexibility index (Phi) is 3.40. The molecule has 1 aromatic rings. The van der Waals surface area contributed by atoms with Gasteiger partial charge in [-0.15, -0.1) is 0 Å². The molecule has 0 heterocycles. The van der Waals surface area contributed by atoms with Gasteiger partial charge in [0.1, 0.15) is 4.90 Å². The number of primary sulfonamides is 1. The van der Waals surface area contributed by atoms with Crippen LogP contribution in [0.15, 0.2) is 26.0 Å². The first-order valence-corrected chi connectivity index (χ1v) is 6.51. The summed E-state index contributed by atoms with van der Waals surface area (Å²) < 4.78 is 23.1. The molecule has 2 N–H and O–H groups in total. The molecule has 0 atom stereocenters. The summed E-state index contributed by atoms with van der Waals surface area (Å²) in [5, 5.41) is 5.01. The molecule has 13 heavy (non-hydrogen) atoms. The highest BCUT2D eigenvalue weighted by atomic mass is 79.9. The maximum atomic E-state index is 11.0. The van der Waals surface area contributed by atoms with E-state index in [1.54, 1.807) is 6.07 Å². The second-order valence-corrected chi connectivity index (χ2v) is 5.77. The molecule has 7 heteroatoms. The van der Waals surface area contributed by atoms with Crippen LogP contribution in [0.5, 0.6) is 0 Å². The highest BCUT2D eigenvalue weighted by Gasteiger charge is 2.16. The van der Waals surface area contributed by atoms with Crippen molar-refractivity contribution in [1.29, 1.82) is 0 Å². The first-order chi connectivity index (χ1) is 5.84. The van der Waals surface area contributed by atoms with Gasteiger partial charge in [0.05, 0.1) is 9.50 Å². The van der Waals surface area contributed by atoms with Crippen LogP contribution >= 0.6 is 43.5 Å². The lowest BCUT2D eigenvalue weighted by atomic mass is 10.4. The van der Waals surface area contributed by atoms with Crippen LogP contribution in [-0.2, 0) is 10.0 Å². The van der Waals surface area contributed by atoms with Crippen LogP contribution in [-0.4, -0.2) is 8.42 Å². The Hall–Kier alpha value is 0.380. The minimum absolute atomic E-state index is 0.0804. The van der Waals surface area contributed by atoms with Gasteiger partial charge < -0.3 is 0 Å². The minimum Gasteiger partial charge on any atom is -0.225 e. The van der Waals surface area contributed by atoms with Crippen molar-refractivity contribution in [3.05, 3.63) is 26.1 Å². The van der Waals surface area contributed by atoms with Gasteiger partial charge in [0.2, 0.25) is 10.0 Å². The van der Waals surface area contributed by atoms with Crippen LogP contribution in [0.25, 0.3) is 0 Å². The van der Waals surface area contributed by atoms with E-state index in [4.69, 9.17) is 16.7 Å². The summed E-state index contributed by atoms with van der Waals surface area (Å²) in [6.45, 7) is 0. The molecule has 0 aromatic heterocycles. The van der Waals surface area contributed by atoms with Crippen molar-refractivity contribution in [2.24, 2.45) is 5.14 Å². The fourth-order valence-corrected chi connectivity index (χ4v) is 2.75. The summed E-state index contributed by atoms with van der Waals surface area (Å²) in [5.74, 6) is 0. The molecular weight excluding hydrogens is 345 g/mol. The number of hydrogen-bond donors (Lipinski definition) is 1. The lowest BCUT2D eigenvalue weighted by molar-refractivity contribution is 0.598. The Morgan fingerprint density at radius 3 is 2.31 bits per heavy atom. The zero-order valence-corrected chi connectivity index (χ0v) is 10.8. The molecule has 3 nitrogen and oxygen atoms in total. The van der Waals surface area contributed by atoms with Gasteiger partial charge in [-0.05, 0) is 44.0 Å². The summed E-state index contributed by atoms with van der Waals surface area (Å²) in [7, 11) is -3.76. The van der Waals surface area contributed by atoms with Crippen LogP contribution in [0.1, 0.15) is 0 Å². The number of halogens is 3. The van der Waals surface area contributed by atoms with Crippen LogP contribution in [0, 0.1) is 0 Å². The third kappa shape index (κ3) is 2.44. The Balaban J connectivity index is 3.53. The van der Waals surface area contributed by atoms with Gasteiger partial charge in [0, 0.05) is 4.47 Å². The summed E-state index contributed by atoms with van der Waals surface area (Å²) in [6, 6.07) is 2.89. The van der Waals surface area contributed by atoms with Crippen molar-refractivity contribution in [3.63, 3.8) is 0 Å². The first kappa shape index (κ1) is 11.5. The summed E-state index contributed by atoms with van der Waals surface area (Å²) in [6.07, 6.45) is 0. The molecule has 1 aromatic carbocycles. The van der Waals surface area contributed by atoms with Crippen molar-refractivity contribution in [1.82, 2.24) is 0 Å². The third-order valence-electron chi connectivity index (χ3n) is 1.31. The van der Waals surface area contributed by atoms with Crippen molar-refractivity contribution in [2.45, 2.75) is 4.90 Å². The van der Waals surface area contributed by atoms with Crippen molar-refractivity contribution < 1.29 is 8.42 Å². The standard InChI is InChI=1S/C6H4Br2ClNO2S/c7-3-1-2-4(13(10,11)12)6(9)5(3)8/h1-2H,(H2,10,11,12). The molecule has 72 valence electrons. The molecule has 0 bridgehead atoms. The van der Waals surface area contributed by atoms with Gasteiger partial charge >= 0.3 is 0 Å². The Morgan fingerprint density at radius 2 is 1.85 bits per heavy atom. The van der Waals surface area contributed by atoms with E-state index in [9.17, 15) is 8.42 Å². The van der Waals surface area contributed by atoms with Gasteiger partial charge in [0.25, 0.3) is 0 Å². The molecule has 0 aliphatic rings. The molecule has 0 saturated heterocycles. The second-order valence-electron chi connectivity index (χ2n) is 2.22. The van der Waals surface area contributed by atoms with E-state index in [1.807, 2.05) is 0 Å². The fourth-order valence-electron chi connectivity index (χ4n) is 0.728. The first-order valence-electron chi connectivity index (χ1n) is 3.00. The highest BCUT2D eigenvalue weighted by molar-refractivity contribution is 9.13. The molecule has 0 amide bonds. The molecule has 0 fully saturated rings. The van der Waals surface area contributed by atoms with E-state index in [0.29, 0.717) is 8.95 Å². The molecule has 1 rings (SSSR count). The normalized spacial score (nSPS) is 11.7. The lowest BCUT2D eigenvalue weighted by Gasteiger charge is -2.04. The Labute approximate surface area is 97.6 Å². The number of hydrogen-bond acceptors (Lipinski definition) is 2. The zero-order valence-electron chi connectivity index (χ0n) is 6.09. The van der Waals surface area contributed by atoms with Crippen LogP contribution in [0.2, 0.25) is 5.02 Å². The maximum Gasteiger partial charge on any atom is 0.239 e. The third-order valence-corrected chi connectivity index (χ3v) is 5.01. The van der Waals surface area contributed by atoms with Crippen molar-refractivity contribution in [3.8, 4) is 0 Å². The number of nitrogens with two attached hydrogens (primary N) is 1. The van der Waals surface area contributed by atoms with E-state index in [2.05, 4.69) is 31.9 Å². The van der Waals surface area contributed by atoms with Gasteiger partial charge in [-0.1, -0.05) is 11.6 Å². The monoisotopic (exact) mass is 347 g/mol. The topological polar surface area (TPSA) is 60.2 Å². The van der Waals surface area contributed by atoms with Crippen LogP contribution in [0.4, 0.5) is 0 Å². The average molecular weight is 349 g/mol. The number of rotatable bonds is 1. The molecule has 0 unspecified atom stereocenters. The summed E-state index contributed by atoms with van der Waals surface area (Å²) in [5.41, 5.74) is 0. The van der Waals surface area contributed by atoms with Gasteiger partial charge in [-0.3, -0.25) is 0 Å². The Morgan fingerprint density at radius 1 is 1.31 bits per heavy atom. The van der Waals surface area contributed by atoms with Gasteiger partial charge in [-0.2, -0.15) is 0 Å². The van der Waals surface area contributed by atoms with E-state index < -0.39 is 10.0 Å². The largest absolute Gasteiger partial charge is 0.239 e. The predicted molar refractivity (Wildman–Crippen MR) is 58.2 cm³/mol. The maximum absolute atomic E-state index is 11.0. The lowest BCUT2D eigenvalue weighted by Crippen LogP contribution is -2.12. The number of sulfonamides is 1. The number of benzene rings is 1. The van der Waals surface area contributed by atoms with E-state index >= 15 is 0 Å².